The molecule has 0 spiro atoms. The van der Waals surface area contributed by atoms with Gasteiger partial charge in [-0.25, -0.2) is 25.1 Å². The van der Waals surface area contributed by atoms with Crippen molar-refractivity contribution in [2.75, 3.05) is 11.9 Å². The first-order valence-electron chi connectivity index (χ1n) is 9.65. The number of nitrogens with one attached hydrogen (secondary N) is 2. The van der Waals surface area contributed by atoms with E-state index in [0.29, 0.717) is 24.1 Å². The molecule has 0 atom stereocenters. The van der Waals surface area contributed by atoms with E-state index in [4.69, 9.17) is 10.3 Å². The molecule has 2 aromatic heterocycles. The molecular formula is C21H21N8O2+. The van der Waals surface area contributed by atoms with Gasteiger partial charge in [0.05, 0.1) is 18.6 Å². The summed E-state index contributed by atoms with van der Waals surface area (Å²) in [7, 11) is 0. The third kappa shape index (κ3) is 5.04. The minimum absolute atomic E-state index is 0.0146. The molecular weight excluding hydrogens is 396 g/mol. The monoisotopic (exact) mass is 417 g/mol. The predicted octanol–water partition coefficient (Wildman–Crippen LogP) is 3.64. The summed E-state index contributed by atoms with van der Waals surface area (Å²) in [5.41, 5.74) is 9.12. The lowest BCUT2D eigenvalue weighted by Gasteiger charge is -2.13. The first-order chi connectivity index (χ1) is 15.1. The number of anilines is 1. The van der Waals surface area contributed by atoms with Gasteiger partial charge in [-0.2, -0.15) is 4.98 Å². The number of ether oxygens (including phenoxy) is 1. The van der Waals surface area contributed by atoms with Gasteiger partial charge in [-0.3, -0.25) is 0 Å². The highest BCUT2D eigenvalue weighted by atomic mass is 16.5. The molecule has 4 rings (SSSR count). The van der Waals surface area contributed by atoms with Gasteiger partial charge in [0, 0.05) is 24.9 Å². The van der Waals surface area contributed by atoms with E-state index in [1.54, 1.807) is 0 Å². The number of aromatic hydroxyl groups is 1. The molecule has 3 aromatic rings. The highest BCUT2D eigenvalue weighted by Gasteiger charge is 2.15. The highest BCUT2D eigenvalue weighted by Crippen LogP contribution is 2.25. The Bertz CT molecular complexity index is 1140. The van der Waals surface area contributed by atoms with Crippen LogP contribution in [0.1, 0.15) is 18.4 Å². The number of allylic oxidation sites excluding steroid dienone is 1. The Morgan fingerprint density at radius 3 is 2.84 bits per heavy atom. The van der Waals surface area contributed by atoms with E-state index in [1.807, 2.05) is 35.0 Å². The topological polar surface area (TPSA) is 132 Å². The van der Waals surface area contributed by atoms with E-state index >= 15 is 0 Å². The van der Waals surface area contributed by atoms with Gasteiger partial charge in [-0.1, -0.05) is 18.2 Å². The first kappa shape index (κ1) is 20.1. The quantitative estimate of drug-likeness (QED) is 0.395. The molecule has 3 heterocycles. The minimum Gasteiger partial charge on any atom is -0.505 e. The van der Waals surface area contributed by atoms with E-state index in [0.717, 1.165) is 36.3 Å². The number of aromatic nitrogens is 4. The summed E-state index contributed by atoms with van der Waals surface area (Å²) in [6, 6.07) is 7.65. The smallest absolute Gasteiger partial charge is 0.239 e. The van der Waals surface area contributed by atoms with Crippen molar-refractivity contribution in [1.82, 2.24) is 19.9 Å². The Morgan fingerprint density at radius 2 is 2.06 bits per heavy atom. The maximum atomic E-state index is 9.37. The van der Waals surface area contributed by atoms with Crippen LogP contribution in [0, 0.1) is 5.53 Å². The molecule has 1 aromatic carbocycles. The summed E-state index contributed by atoms with van der Waals surface area (Å²) in [6.07, 6.45) is 7.75. The summed E-state index contributed by atoms with van der Waals surface area (Å²) >= 11 is 0. The zero-order valence-electron chi connectivity index (χ0n) is 16.7. The van der Waals surface area contributed by atoms with E-state index in [-0.39, 0.29) is 11.6 Å². The number of nitrogens with zero attached hydrogens (tertiary/aromatic N) is 6. The SMILES string of the molecule is C=[N+]1C=C(Oc2cnc(N=N)c(NCc3cccc(-c4ncc(O)cn4)c3)n2)CCC1. The third-order valence-corrected chi connectivity index (χ3v) is 4.55. The standard InChI is InChI=1S/C21H20N8O2/c1-29-7-3-6-17(13-29)31-18-12-26-21(28-22)20(27-18)23-9-14-4-2-5-15(8-14)19-24-10-16(30)11-25-19/h2,4-5,8,10-13H,1,3,6-7,9H2,(H2-,22,23,27,30)/p+1. The summed E-state index contributed by atoms with van der Waals surface area (Å²) in [5, 5.41) is 16.0. The van der Waals surface area contributed by atoms with Gasteiger partial charge >= 0.3 is 0 Å². The van der Waals surface area contributed by atoms with E-state index < -0.39 is 0 Å². The van der Waals surface area contributed by atoms with Crippen LogP contribution in [0.4, 0.5) is 11.6 Å². The van der Waals surface area contributed by atoms with E-state index in [2.05, 4.69) is 37.1 Å². The number of benzene rings is 1. The van der Waals surface area contributed by atoms with Crippen LogP contribution < -0.4 is 10.1 Å². The normalized spacial score (nSPS) is 13.4. The molecule has 1 aliphatic rings. The zero-order chi connectivity index (χ0) is 21.6. The summed E-state index contributed by atoms with van der Waals surface area (Å²) < 4.78 is 7.65. The maximum Gasteiger partial charge on any atom is 0.239 e. The molecule has 0 bridgehead atoms. The lowest BCUT2D eigenvalue weighted by Crippen LogP contribution is -2.14. The number of hydrogen-bond acceptors (Lipinski definition) is 9. The Labute approximate surface area is 178 Å². The second kappa shape index (κ2) is 9.08. The van der Waals surface area contributed by atoms with Crippen molar-refractivity contribution in [3.63, 3.8) is 0 Å². The van der Waals surface area contributed by atoms with Crippen LogP contribution in [0.3, 0.4) is 0 Å². The molecule has 0 radical (unpaired) electrons. The lowest BCUT2D eigenvalue weighted by molar-refractivity contribution is -0.455. The van der Waals surface area contributed by atoms with Gasteiger partial charge in [0.15, 0.2) is 23.2 Å². The van der Waals surface area contributed by atoms with Crippen molar-refractivity contribution in [2.45, 2.75) is 19.4 Å². The van der Waals surface area contributed by atoms with Crippen LogP contribution in [-0.2, 0) is 6.54 Å². The van der Waals surface area contributed by atoms with Gasteiger partial charge < -0.3 is 15.2 Å². The Hall–Kier alpha value is -4.21. The fourth-order valence-corrected chi connectivity index (χ4v) is 3.09. The molecule has 0 fully saturated rings. The molecule has 0 unspecified atom stereocenters. The average Bonchev–Trinajstić information content (AvgIpc) is 2.78. The molecule has 0 saturated heterocycles. The molecule has 10 heteroatoms. The van der Waals surface area contributed by atoms with Crippen molar-refractivity contribution < 1.29 is 14.4 Å². The molecule has 0 amide bonds. The molecule has 156 valence electrons. The molecule has 1 aliphatic heterocycles. The Balaban J connectivity index is 1.50. The van der Waals surface area contributed by atoms with Crippen LogP contribution in [-0.4, -0.2) is 42.9 Å². The Kier molecular flexibility index (Phi) is 5.88. The van der Waals surface area contributed by atoms with Crippen LogP contribution in [0.25, 0.3) is 11.4 Å². The van der Waals surface area contributed by atoms with Crippen molar-refractivity contribution in [3.05, 3.63) is 60.4 Å². The largest absolute Gasteiger partial charge is 0.505 e. The lowest BCUT2D eigenvalue weighted by atomic mass is 10.1. The zero-order valence-corrected chi connectivity index (χ0v) is 16.7. The fraction of sp³-hybridized carbons (Fsp3) is 0.190. The second-order valence-electron chi connectivity index (χ2n) is 6.92. The minimum atomic E-state index is 0.0146. The van der Waals surface area contributed by atoms with Crippen LogP contribution in [0.5, 0.6) is 11.6 Å². The van der Waals surface area contributed by atoms with Crippen molar-refractivity contribution in [2.24, 2.45) is 5.11 Å². The van der Waals surface area contributed by atoms with Crippen LogP contribution in [0.15, 0.2) is 59.9 Å². The second-order valence-corrected chi connectivity index (χ2v) is 6.92. The first-order valence-corrected chi connectivity index (χ1v) is 9.65. The molecule has 0 aliphatic carbocycles. The fourth-order valence-electron chi connectivity index (χ4n) is 3.09. The van der Waals surface area contributed by atoms with Gasteiger partial charge in [0.2, 0.25) is 17.9 Å². The maximum absolute atomic E-state index is 9.37. The summed E-state index contributed by atoms with van der Waals surface area (Å²) in [5.74, 6) is 2.13. The van der Waals surface area contributed by atoms with Crippen LogP contribution in [0.2, 0.25) is 0 Å². The predicted molar refractivity (Wildman–Crippen MR) is 113 cm³/mol. The molecule has 0 saturated carbocycles. The van der Waals surface area contributed by atoms with Crippen molar-refractivity contribution >= 4 is 18.4 Å². The molecule has 31 heavy (non-hydrogen) atoms. The summed E-state index contributed by atoms with van der Waals surface area (Å²) in [4.78, 5) is 16.9. The van der Waals surface area contributed by atoms with Gasteiger partial charge in [0.1, 0.15) is 13.3 Å². The van der Waals surface area contributed by atoms with Gasteiger partial charge in [0.25, 0.3) is 0 Å². The van der Waals surface area contributed by atoms with Crippen molar-refractivity contribution in [1.29, 1.82) is 5.53 Å². The van der Waals surface area contributed by atoms with Gasteiger partial charge in [-0.05, 0) is 11.6 Å². The average molecular weight is 417 g/mol. The number of hydrogen-bond donors (Lipinski definition) is 3. The summed E-state index contributed by atoms with van der Waals surface area (Å²) in [6.45, 7) is 5.20. The van der Waals surface area contributed by atoms with E-state index in [1.165, 1.54) is 18.6 Å². The highest BCUT2D eigenvalue weighted by molar-refractivity contribution is 5.58. The molecule has 10 nitrogen and oxygen atoms in total. The third-order valence-electron chi connectivity index (χ3n) is 4.55. The van der Waals surface area contributed by atoms with E-state index in [9.17, 15) is 5.11 Å². The van der Waals surface area contributed by atoms with Gasteiger partial charge in [-0.15, -0.1) is 5.11 Å². The van der Waals surface area contributed by atoms with Crippen LogP contribution >= 0.6 is 0 Å². The number of rotatable bonds is 7. The Morgan fingerprint density at radius 1 is 1.23 bits per heavy atom. The molecule has 3 N–H and O–H groups in total. The van der Waals surface area contributed by atoms with Crippen molar-refractivity contribution in [3.8, 4) is 23.0 Å².